The Bertz CT molecular complexity index is 461. The van der Waals surface area contributed by atoms with Gasteiger partial charge in [0.05, 0.1) is 10.0 Å². The van der Waals surface area contributed by atoms with E-state index in [1.807, 2.05) is 11.8 Å². The second-order valence-electron chi connectivity index (χ2n) is 5.06. The lowest BCUT2D eigenvalue weighted by Gasteiger charge is -2.20. The maximum Gasteiger partial charge on any atom is 0.225 e. The molecule has 1 fully saturated rings. The molecule has 0 spiro atoms. The average Bonchev–Trinajstić information content (AvgIpc) is 2.44. The third kappa shape index (κ3) is 5.19. The predicted octanol–water partition coefficient (Wildman–Crippen LogP) is 5.39. The van der Waals surface area contributed by atoms with Gasteiger partial charge in [-0.15, -0.1) is 0 Å². The Morgan fingerprint density at radius 3 is 2.65 bits per heavy atom. The minimum Gasteiger partial charge on any atom is -0.326 e. The fourth-order valence-electron chi connectivity index (χ4n) is 2.35. The maximum atomic E-state index is 11.8. The Morgan fingerprint density at radius 1 is 1.20 bits per heavy atom. The van der Waals surface area contributed by atoms with Gasteiger partial charge in [-0.25, -0.2) is 0 Å². The monoisotopic (exact) mass is 331 g/mol. The largest absolute Gasteiger partial charge is 0.326 e. The number of carbonyl (C=O) groups is 1. The van der Waals surface area contributed by atoms with Crippen molar-refractivity contribution in [3.63, 3.8) is 0 Å². The molecule has 110 valence electrons. The fourth-order valence-corrected chi connectivity index (χ4v) is 3.95. The first-order valence-electron chi connectivity index (χ1n) is 7.01. The van der Waals surface area contributed by atoms with Gasteiger partial charge in [-0.1, -0.05) is 42.5 Å². The molecule has 0 aromatic heterocycles. The molecular weight excluding hydrogens is 313 g/mol. The summed E-state index contributed by atoms with van der Waals surface area (Å²) < 4.78 is 0. The highest BCUT2D eigenvalue weighted by molar-refractivity contribution is 7.99. The summed E-state index contributed by atoms with van der Waals surface area (Å²) in [6.45, 7) is 0. The third-order valence-electron chi connectivity index (χ3n) is 3.44. The van der Waals surface area contributed by atoms with Crippen LogP contribution in [0.3, 0.4) is 0 Å². The van der Waals surface area contributed by atoms with Gasteiger partial charge >= 0.3 is 0 Å². The minimum absolute atomic E-state index is 0.0340. The summed E-state index contributed by atoms with van der Waals surface area (Å²) in [5.41, 5.74) is 0.701. The van der Waals surface area contributed by atoms with Crippen LogP contribution in [0.25, 0.3) is 0 Å². The van der Waals surface area contributed by atoms with Crippen LogP contribution in [-0.2, 0) is 4.79 Å². The number of nitrogens with one attached hydrogen (secondary N) is 1. The van der Waals surface area contributed by atoms with Crippen LogP contribution in [-0.4, -0.2) is 16.9 Å². The summed E-state index contributed by atoms with van der Waals surface area (Å²) in [6, 6.07) is 5.13. The molecule has 0 heterocycles. The molecular formula is C15H19Cl2NOS. The average molecular weight is 332 g/mol. The molecule has 0 aliphatic heterocycles. The highest BCUT2D eigenvalue weighted by atomic mass is 35.5. The molecule has 1 aliphatic carbocycles. The van der Waals surface area contributed by atoms with E-state index in [2.05, 4.69) is 5.32 Å². The number of anilines is 1. The maximum absolute atomic E-state index is 11.8. The summed E-state index contributed by atoms with van der Waals surface area (Å²) in [5, 5.41) is 4.56. The van der Waals surface area contributed by atoms with Crippen LogP contribution in [0.1, 0.15) is 38.5 Å². The number of benzene rings is 1. The van der Waals surface area contributed by atoms with Crippen molar-refractivity contribution in [2.45, 2.75) is 43.8 Å². The fraction of sp³-hybridized carbons (Fsp3) is 0.533. The van der Waals surface area contributed by atoms with Gasteiger partial charge in [0.2, 0.25) is 5.91 Å². The van der Waals surface area contributed by atoms with Crippen molar-refractivity contribution >= 4 is 46.6 Å². The molecule has 5 heteroatoms. The number of thioether (sulfide) groups is 1. The van der Waals surface area contributed by atoms with E-state index in [9.17, 15) is 4.79 Å². The molecule has 1 saturated carbocycles. The second-order valence-corrected chi connectivity index (χ2v) is 7.28. The highest BCUT2D eigenvalue weighted by Gasteiger charge is 2.14. The zero-order valence-corrected chi connectivity index (χ0v) is 13.7. The van der Waals surface area contributed by atoms with Crippen LogP contribution in [0.15, 0.2) is 18.2 Å². The SMILES string of the molecule is O=C(CCSC1CCCCC1)Nc1ccc(Cl)c(Cl)c1. The van der Waals surface area contributed by atoms with Gasteiger partial charge in [-0.05, 0) is 31.0 Å². The Hall–Kier alpha value is -0.380. The van der Waals surface area contributed by atoms with Gasteiger partial charge in [0, 0.05) is 23.1 Å². The summed E-state index contributed by atoms with van der Waals surface area (Å²) in [5.74, 6) is 0.921. The van der Waals surface area contributed by atoms with Crippen LogP contribution >= 0.6 is 35.0 Å². The minimum atomic E-state index is 0.0340. The number of rotatable bonds is 5. The molecule has 0 atom stereocenters. The van der Waals surface area contributed by atoms with Crippen LogP contribution < -0.4 is 5.32 Å². The lowest BCUT2D eigenvalue weighted by molar-refractivity contribution is -0.115. The van der Waals surface area contributed by atoms with Crippen molar-refractivity contribution in [1.82, 2.24) is 0 Å². The topological polar surface area (TPSA) is 29.1 Å². The molecule has 1 aliphatic rings. The van der Waals surface area contributed by atoms with E-state index < -0.39 is 0 Å². The number of hydrogen-bond acceptors (Lipinski definition) is 2. The van der Waals surface area contributed by atoms with Crippen LogP contribution in [0, 0.1) is 0 Å². The highest BCUT2D eigenvalue weighted by Crippen LogP contribution is 2.29. The third-order valence-corrected chi connectivity index (χ3v) is 5.56. The predicted molar refractivity (Wildman–Crippen MR) is 89.0 cm³/mol. The van der Waals surface area contributed by atoms with Gasteiger partial charge in [0.25, 0.3) is 0 Å². The lowest BCUT2D eigenvalue weighted by Crippen LogP contribution is -2.14. The van der Waals surface area contributed by atoms with Crippen molar-refractivity contribution < 1.29 is 4.79 Å². The van der Waals surface area contributed by atoms with Crippen molar-refractivity contribution in [3.8, 4) is 0 Å². The number of carbonyl (C=O) groups excluding carboxylic acids is 1. The molecule has 1 N–H and O–H groups in total. The number of halogens is 2. The first kappa shape index (κ1) is 16.0. The van der Waals surface area contributed by atoms with E-state index in [0.717, 1.165) is 11.0 Å². The molecule has 20 heavy (non-hydrogen) atoms. The smallest absolute Gasteiger partial charge is 0.225 e. The normalized spacial score (nSPS) is 16.1. The zero-order chi connectivity index (χ0) is 14.4. The number of hydrogen-bond donors (Lipinski definition) is 1. The second kappa shape index (κ2) is 8.16. The van der Waals surface area contributed by atoms with Gasteiger partial charge in [0.15, 0.2) is 0 Å². The zero-order valence-electron chi connectivity index (χ0n) is 11.3. The van der Waals surface area contributed by atoms with E-state index in [0.29, 0.717) is 22.2 Å². The Kier molecular flexibility index (Phi) is 6.53. The summed E-state index contributed by atoms with van der Waals surface area (Å²) in [7, 11) is 0. The molecule has 1 amide bonds. The van der Waals surface area contributed by atoms with Crippen molar-refractivity contribution in [2.75, 3.05) is 11.1 Å². The standard InChI is InChI=1S/C15H19Cl2NOS/c16-13-7-6-11(10-14(13)17)18-15(19)8-9-20-12-4-2-1-3-5-12/h6-7,10,12H,1-5,8-9H2,(H,18,19). The molecule has 1 aromatic rings. The van der Waals surface area contributed by atoms with Crippen LogP contribution in [0.5, 0.6) is 0 Å². The summed E-state index contributed by atoms with van der Waals surface area (Å²) in [6.07, 6.45) is 7.20. The van der Waals surface area contributed by atoms with Gasteiger partial charge in [-0.2, -0.15) is 11.8 Å². The van der Waals surface area contributed by atoms with E-state index >= 15 is 0 Å². The van der Waals surface area contributed by atoms with Crippen LogP contribution in [0.2, 0.25) is 10.0 Å². The van der Waals surface area contributed by atoms with E-state index in [4.69, 9.17) is 23.2 Å². The van der Waals surface area contributed by atoms with Crippen molar-refractivity contribution in [1.29, 1.82) is 0 Å². The van der Waals surface area contributed by atoms with Gasteiger partial charge in [0.1, 0.15) is 0 Å². The van der Waals surface area contributed by atoms with Crippen molar-refractivity contribution in [3.05, 3.63) is 28.2 Å². The first-order chi connectivity index (χ1) is 9.65. The summed E-state index contributed by atoms with van der Waals surface area (Å²) >= 11 is 13.7. The molecule has 1 aromatic carbocycles. The summed E-state index contributed by atoms with van der Waals surface area (Å²) in [4.78, 5) is 11.8. The Balaban J connectivity index is 1.70. The van der Waals surface area contributed by atoms with Gasteiger partial charge < -0.3 is 5.32 Å². The van der Waals surface area contributed by atoms with Gasteiger partial charge in [-0.3, -0.25) is 4.79 Å². The van der Waals surface area contributed by atoms with E-state index in [1.165, 1.54) is 32.1 Å². The number of amides is 1. The van der Waals surface area contributed by atoms with Crippen molar-refractivity contribution in [2.24, 2.45) is 0 Å². The van der Waals surface area contributed by atoms with E-state index in [-0.39, 0.29) is 5.91 Å². The molecule has 2 nitrogen and oxygen atoms in total. The molecule has 2 rings (SSSR count). The van der Waals surface area contributed by atoms with Crippen LogP contribution in [0.4, 0.5) is 5.69 Å². The Labute approximate surface area is 134 Å². The molecule has 0 unspecified atom stereocenters. The Morgan fingerprint density at radius 2 is 1.95 bits per heavy atom. The molecule has 0 bridgehead atoms. The first-order valence-corrected chi connectivity index (χ1v) is 8.82. The van der Waals surface area contributed by atoms with E-state index in [1.54, 1.807) is 18.2 Å². The molecule has 0 saturated heterocycles. The molecule has 0 radical (unpaired) electrons. The quantitative estimate of drug-likeness (QED) is 0.783. The lowest BCUT2D eigenvalue weighted by atomic mass is 10.0.